The van der Waals surface area contributed by atoms with Gasteiger partial charge in [0.05, 0.1) is 17.2 Å². The molecule has 1 fully saturated rings. The SMILES string of the molecule is CCOC(=O)N1CCN(c2ncnc(NNC(=O)c3ccc(Cl)cc3Cl)c2N)CC1. The number of nitrogen functional groups attached to an aromatic ring is 1. The molecule has 0 unspecified atom stereocenters. The van der Waals surface area contributed by atoms with Gasteiger partial charge in [-0.25, -0.2) is 14.8 Å². The molecule has 3 rings (SSSR count). The van der Waals surface area contributed by atoms with Crippen LogP contribution < -0.4 is 21.5 Å². The molecule has 1 aliphatic heterocycles. The molecule has 2 amide bonds. The van der Waals surface area contributed by atoms with Crippen LogP contribution in [0.25, 0.3) is 0 Å². The van der Waals surface area contributed by atoms with E-state index >= 15 is 0 Å². The molecule has 0 atom stereocenters. The van der Waals surface area contributed by atoms with Gasteiger partial charge < -0.3 is 20.3 Å². The summed E-state index contributed by atoms with van der Waals surface area (Å²) in [4.78, 5) is 36.1. The number of anilines is 3. The molecular weight excluding hydrogens is 433 g/mol. The molecule has 1 aromatic heterocycles. The number of ether oxygens (including phenoxy) is 1. The minimum atomic E-state index is -0.473. The van der Waals surface area contributed by atoms with Gasteiger partial charge in [0.15, 0.2) is 11.6 Å². The molecule has 0 saturated carbocycles. The van der Waals surface area contributed by atoms with Crippen molar-refractivity contribution in [3.63, 3.8) is 0 Å². The molecule has 1 saturated heterocycles. The number of carbonyl (C=O) groups excluding carboxylic acids is 2. The fraction of sp³-hybridized carbons (Fsp3) is 0.333. The first-order valence-corrected chi connectivity index (χ1v) is 9.94. The summed E-state index contributed by atoms with van der Waals surface area (Å²) >= 11 is 11.9. The number of nitrogens with two attached hydrogens (primary N) is 1. The summed E-state index contributed by atoms with van der Waals surface area (Å²) in [6.45, 7) is 4.13. The van der Waals surface area contributed by atoms with Crippen molar-refractivity contribution in [2.24, 2.45) is 0 Å². The summed E-state index contributed by atoms with van der Waals surface area (Å²) in [7, 11) is 0. The van der Waals surface area contributed by atoms with E-state index in [-0.39, 0.29) is 28.2 Å². The third kappa shape index (κ3) is 4.95. The summed E-state index contributed by atoms with van der Waals surface area (Å²) in [5.74, 6) is 0.278. The van der Waals surface area contributed by atoms with Gasteiger partial charge in [0.25, 0.3) is 5.91 Å². The van der Waals surface area contributed by atoms with Gasteiger partial charge in [-0.3, -0.25) is 15.6 Å². The third-order valence-electron chi connectivity index (χ3n) is 4.44. The van der Waals surface area contributed by atoms with E-state index in [2.05, 4.69) is 20.8 Å². The first-order valence-electron chi connectivity index (χ1n) is 9.19. The number of piperazine rings is 1. The zero-order valence-corrected chi connectivity index (χ0v) is 17.7. The van der Waals surface area contributed by atoms with E-state index in [0.29, 0.717) is 43.6 Å². The Hall–Kier alpha value is -2.98. The maximum atomic E-state index is 12.4. The van der Waals surface area contributed by atoms with Crippen LogP contribution in [0.15, 0.2) is 24.5 Å². The lowest BCUT2D eigenvalue weighted by molar-refractivity contribution is 0.0962. The predicted octanol–water partition coefficient (Wildman–Crippen LogP) is 2.40. The highest BCUT2D eigenvalue weighted by atomic mass is 35.5. The van der Waals surface area contributed by atoms with Gasteiger partial charge in [-0.1, -0.05) is 23.2 Å². The van der Waals surface area contributed by atoms with Crippen LogP contribution in [0.4, 0.5) is 22.1 Å². The Morgan fingerprint density at radius 1 is 1.20 bits per heavy atom. The average molecular weight is 454 g/mol. The zero-order chi connectivity index (χ0) is 21.7. The minimum absolute atomic E-state index is 0.220. The molecular formula is C18H21Cl2N7O3. The standard InChI is InChI=1S/C18H21Cl2N7O3/c1-2-30-18(29)27-7-5-26(6-8-27)16-14(21)15(22-10-23-16)24-25-17(28)12-4-3-11(19)9-13(12)20/h3-4,9-10H,2,5-8,21H2,1H3,(H,25,28)(H,22,23,24). The summed E-state index contributed by atoms with van der Waals surface area (Å²) < 4.78 is 5.02. The Bertz CT molecular complexity index is 936. The van der Waals surface area contributed by atoms with Gasteiger partial charge in [0, 0.05) is 31.2 Å². The largest absolute Gasteiger partial charge is 0.450 e. The van der Waals surface area contributed by atoms with Crippen molar-refractivity contribution >= 4 is 52.5 Å². The molecule has 1 aromatic carbocycles. The summed E-state index contributed by atoms with van der Waals surface area (Å²) in [6.07, 6.45) is 1.01. The molecule has 160 valence electrons. The van der Waals surface area contributed by atoms with E-state index < -0.39 is 5.91 Å². The zero-order valence-electron chi connectivity index (χ0n) is 16.2. The summed E-state index contributed by atoms with van der Waals surface area (Å²) in [5, 5.41) is 0.648. The van der Waals surface area contributed by atoms with Gasteiger partial charge in [0.2, 0.25) is 0 Å². The molecule has 10 nitrogen and oxygen atoms in total. The highest BCUT2D eigenvalue weighted by molar-refractivity contribution is 6.36. The van der Waals surface area contributed by atoms with Gasteiger partial charge in [-0.2, -0.15) is 0 Å². The number of hydrogen-bond donors (Lipinski definition) is 3. The fourth-order valence-corrected chi connectivity index (χ4v) is 3.40. The highest BCUT2D eigenvalue weighted by Crippen LogP contribution is 2.27. The number of halogens is 2. The van der Waals surface area contributed by atoms with E-state index in [1.54, 1.807) is 17.9 Å². The second-order valence-electron chi connectivity index (χ2n) is 6.34. The average Bonchev–Trinajstić information content (AvgIpc) is 2.73. The Labute approximate surface area is 183 Å². The van der Waals surface area contributed by atoms with Crippen LogP contribution in [0.2, 0.25) is 10.0 Å². The monoisotopic (exact) mass is 453 g/mol. The van der Waals surface area contributed by atoms with Crippen molar-refractivity contribution in [2.45, 2.75) is 6.92 Å². The number of hydrogen-bond acceptors (Lipinski definition) is 8. The van der Waals surface area contributed by atoms with Crippen LogP contribution in [-0.4, -0.2) is 59.7 Å². The van der Waals surface area contributed by atoms with Crippen LogP contribution in [0.5, 0.6) is 0 Å². The molecule has 0 spiro atoms. The van der Waals surface area contributed by atoms with Gasteiger partial charge in [-0.15, -0.1) is 0 Å². The quantitative estimate of drug-likeness (QED) is 0.589. The number of carbonyl (C=O) groups is 2. The third-order valence-corrected chi connectivity index (χ3v) is 4.99. The number of aromatic nitrogens is 2. The lowest BCUT2D eigenvalue weighted by Gasteiger charge is -2.35. The number of benzene rings is 1. The van der Waals surface area contributed by atoms with Crippen molar-refractivity contribution in [3.8, 4) is 0 Å². The molecule has 2 aromatic rings. The summed E-state index contributed by atoms with van der Waals surface area (Å²) in [6, 6.07) is 4.56. The second kappa shape index (κ2) is 9.68. The Kier molecular flexibility index (Phi) is 7.01. The Morgan fingerprint density at radius 3 is 2.60 bits per heavy atom. The molecule has 12 heteroatoms. The molecule has 0 bridgehead atoms. The van der Waals surface area contributed by atoms with E-state index in [4.69, 9.17) is 33.7 Å². The van der Waals surface area contributed by atoms with Crippen molar-refractivity contribution in [3.05, 3.63) is 40.1 Å². The van der Waals surface area contributed by atoms with Crippen LogP contribution in [0.1, 0.15) is 17.3 Å². The molecule has 2 heterocycles. The normalized spacial score (nSPS) is 13.7. The number of rotatable bonds is 5. The van der Waals surface area contributed by atoms with Gasteiger partial charge >= 0.3 is 6.09 Å². The van der Waals surface area contributed by atoms with Gasteiger partial charge in [0.1, 0.15) is 12.0 Å². The lowest BCUT2D eigenvalue weighted by atomic mass is 10.2. The fourth-order valence-electron chi connectivity index (χ4n) is 2.91. The Balaban J connectivity index is 1.64. The van der Waals surface area contributed by atoms with Crippen molar-refractivity contribution in [1.29, 1.82) is 0 Å². The van der Waals surface area contributed by atoms with Crippen LogP contribution in [-0.2, 0) is 4.74 Å². The molecule has 30 heavy (non-hydrogen) atoms. The first-order chi connectivity index (χ1) is 14.4. The number of amides is 2. The smallest absolute Gasteiger partial charge is 0.409 e. The van der Waals surface area contributed by atoms with Crippen LogP contribution in [0.3, 0.4) is 0 Å². The van der Waals surface area contributed by atoms with Gasteiger partial charge in [-0.05, 0) is 25.1 Å². The van der Waals surface area contributed by atoms with Crippen LogP contribution >= 0.6 is 23.2 Å². The Morgan fingerprint density at radius 2 is 1.93 bits per heavy atom. The number of nitrogens with zero attached hydrogens (tertiary/aromatic N) is 4. The molecule has 4 N–H and O–H groups in total. The van der Waals surface area contributed by atoms with E-state index in [1.165, 1.54) is 18.5 Å². The lowest BCUT2D eigenvalue weighted by Crippen LogP contribution is -2.49. The van der Waals surface area contributed by atoms with E-state index in [0.717, 1.165) is 0 Å². The molecule has 1 aliphatic rings. The van der Waals surface area contributed by atoms with E-state index in [9.17, 15) is 9.59 Å². The number of nitrogens with one attached hydrogen (secondary N) is 2. The number of hydrazine groups is 1. The maximum Gasteiger partial charge on any atom is 0.409 e. The molecule has 0 radical (unpaired) electrons. The predicted molar refractivity (Wildman–Crippen MR) is 115 cm³/mol. The maximum absolute atomic E-state index is 12.4. The van der Waals surface area contributed by atoms with Crippen LogP contribution in [0, 0.1) is 0 Å². The van der Waals surface area contributed by atoms with Crippen molar-refractivity contribution in [1.82, 2.24) is 20.3 Å². The molecule has 0 aliphatic carbocycles. The second-order valence-corrected chi connectivity index (χ2v) is 7.18. The minimum Gasteiger partial charge on any atom is -0.450 e. The highest BCUT2D eigenvalue weighted by Gasteiger charge is 2.24. The summed E-state index contributed by atoms with van der Waals surface area (Å²) in [5.41, 5.74) is 11.9. The van der Waals surface area contributed by atoms with E-state index in [1.807, 2.05) is 4.90 Å². The topological polar surface area (TPSA) is 126 Å². The first kappa shape index (κ1) is 21.7. The van der Waals surface area contributed by atoms with Crippen molar-refractivity contribution < 1.29 is 14.3 Å². The van der Waals surface area contributed by atoms with Crippen molar-refractivity contribution in [2.75, 3.05) is 48.8 Å².